The number of benzene rings is 1. The van der Waals surface area contributed by atoms with Gasteiger partial charge in [0.1, 0.15) is 13.2 Å². The summed E-state index contributed by atoms with van der Waals surface area (Å²) in [5.74, 6) is -1.88. The molecule has 59 heavy (non-hydrogen) atoms. The van der Waals surface area contributed by atoms with E-state index in [9.17, 15) is 29.7 Å². The van der Waals surface area contributed by atoms with Crippen molar-refractivity contribution in [2.75, 3.05) is 28.4 Å². The first-order valence-corrected chi connectivity index (χ1v) is 19.7. The minimum absolute atomic E-state index is 0.00245. The van der Waals surface area contributed by atoms with Crippen LogP contribution in [0.15, 0.2) is 48.7 Å². The van der Waals surface area contributed by atoms with Crippen molar-refractivity contribution in [2.45, 2.75) is 121 Å². The molecule has 0 spiro atoms. The molecule has 1 heterocycles. The number of hydrogen-bond donors (Lipinski definition) is 3. The Hall–Kier alpha value is -4.64. The molecule has 1 saturated carbocycles. The maximum absolute atomic E-state index is 13.2. The SMILES string of the molecule is C#CCC(OC)(OC)C(=O)OCc1cnc(C)c(OC(=O)CCC/C=C\C[C@@H]2[C@@H](CCC(O)CCc3ccccc3)[C@H](O)C[C@@H]2O)c1COC(=O)C(CC#C)(OC)OC. The van der Waals surface area contributed by atoms with Gasteiger partial charge in [-0.15, -0.1) is 24.7 Å². The van der Waals surface area contributed by atoms with E-state index in [0.29, 0.717) is 50.6 Å². The van der Waals surface area contributed by atoms with Crippen molar-refractivity contribution in [3.05, 3.63) is 71.1 Å². The average molecular weight is 822 g/mol. The van der Waals surface area contributed by atoms with Gasteiger partial charge in [-0.2, -0.15) is 0 Å². The van der Waals surface area contributed by atoms with Crippen LogP contribution < -0.4 is 4.74 Å². The van der Waals surface area contributed by atoms with Crippen LogP contribution in [0.1, 0.15) is 86.6 Å². The Morgan fingerprint density at radius 2 is 1.47 bits per heavy atom. The Balaban J connectivity index is 1.65. The van der Waals surface area contributed by atoms with Gasteiger partial charge in [-0.25, -0.2) is 9.59 Å². The summed E-state index contributed by atoms with van der Waals surface area (Å²) in [6, 6.07) is 9.98. The molecular formula is C45H59NO13. The van der Waals surface area contributed by atoms with Crippen LogP contribution >= 0.6 is 0 Å². The van der Waals surface area contributed by atoms with Crippen LogP contribution in [0.2, 0.25) is 0 Å². The fourth-order valence-electron chi connectivity index (χ4n) is 7.11. The Morgan fingerprint density at radius 3 is 2.07 bits per heavy atom. The van der Waals surface area contributed by atoms with Gasteiger partial charge < -0.3 is 48.5 Å². The van der Waals surface area contributed by atoms with Gasteiger partial charge >= 0.3 is 17.9 Å². The largest absolute Gasteiger partial charge is 0.457 e. The van der Waals surface area contributed by atoms with E-state index in [1.807, 2.05) is 42.5 Å². The second-order valence-corrected chi connectivity index (χ2v) is 14.4. The summed E-state index contributed by atoms with van der Waals surface area (Å²) in [5.41, 5.74) is 1.87. The van der Waals surface area contributed by atoms with Gasteiger partial charge in [0.15, 0.2) is 5.75 Å². The van der Waals surface area contributed by atoms with E-state index in [-0.39, 0.29) is 48.0 Å². The number of methoxy groups -OCH3 is 4. The highest BCUT2D eigenvalue weighted by Gasteiger charge is 2.43. The lowest BCUT2D eigenvalue weighted by Crippen LogP contribution is -2.44. The molecule has 5 atom stereocenters. The number of allylic oxidation sites excluding steroid dienone is 2. The predicted octanol–water partition coefficient (Wildman–Crippen LogP) is 4.66. The Morgan fingerprint density at radius 1 is 0.881 bits per heavy atom. The van der Waals surface area contributed by atoms with Crippen molar-refractivity contribution in [1.29, 1.82) is 0 Å². The van der Waals surface area contributed by atoms with Crippen LogP contribution in [-0.4, -0.2) is 96.5 Å². The van der Waals surface area contributed by atoms with Crippen LogP contribution in [0.3, 0.4) is 0 Å². The Kier molecular flexibility index (Phi) is 20.2. The fourth-order valence-corrected chi connectivity index (χ4v) is 7.11. The molecule has 0 aliphatic heterocycles. The van der Waals surface area contributed by atoms with Crippen LogP contribution in [-0.2, 0) is 62.4 Å². The lowest BCUT2D eigenvalue weighted by atomic mass is 9.85. The minimum atomic E-state index is -1.90. The van der Waals surface area contributed by atoms with Gasteiger partial charge in [0.25, 0.3) is 11.6 Å². The lowest BCUT2D eigenvalue weighted by Gasteiger charge is -2.27. The number of esters is 3. The first-order chi connectivity index (χ1) is 28.3. The van der Waals surface area contributed by atoms with E-state index in [4.69, 9.17) is 46.0 Å². The van der Waals surface area contributed by atoms with Gasteiger partial charge in [-0.3, -0.25) is 9.78 Å². The number of unbranched alkanes of at least 4 members (excludes halogenated alkanes) is 1. The molecule has 1 unspecified atom stereocenters. The molecular weight excluding hydrogens is 762 g/mol. The number of hydrogen-bond acceptors (Lipinski definition) is 14. The van der Waals surface area contributed by atoms with E-state index >= 15 is 0 Å². The molecule has 1 fully saturated rings. The monoisotopic (exact) mass is 821 g/mol. The number of terminal acetylenes is 2. The van der Waals surface area contributed by atoms with Crippen LogP contribution in [0.4, 0.5) is 0 Å². The molecule has 14 nitrogen and oxygen atoms in total. The van der Waals surface area contributed by atoms with Gasteiger partial charge in [0.05, 0.1) is 36.8 Å². The summed E-state index contributed by atoms with van der Waals surface area (Å²) < 4.78 is 37.9. The number of aromatic nitrogens is 1. The standard InChI is InChI=1S/C45H59NO13/c1-8-25-44(53-4,54-5)42(51)57-29-33-28-46-31(3)41(37(33)30-58-43(52)45(55-6,56-7)26-9-2)59-40(50)20-16-11-10-15-19-35-36(39(49)27-38(35)48)24-23-34(47)22-21-32-17-13-12-14-18-32/h1-2,10,12-15,17-18,28,34-36,38-39,47-49H,11,16,19-27,29-30H2,3-7H3/b15-10-/t34?,35-,36-,38+,39-/m1/s1. The summed E-state index contributed by atoms with van der Waals surface area (Å²) in [7, 11) is 4.96. The van der Waals surface area contributed by atoms with E-state index in [1.165, 1.54) is 34.6 Å². The number of aryl methyl sites for hydroxylation is 2. The zero-order chi connectivity index (χ0) is 43.4. The van der Waals surface area contributed by atoms with Crippen molar-refractivity contribution in [3.8, 4) is 30.4 Å². The number of aliphatic hydroxyl groups is 3. The zero-order valence-corrected chi connectivity index (χ0v) is 34.7. The topological polar surface area (TPSA) is 189 Å². The molecule has 3 N–H and O–H groups in total. The molecule has 14 heteroatoms. The van der Waals surface area contributed by atoms with E-state index in [2.05, 4.69) is 16.8 Å². The summed E-state index contributed by atoms with van der Waals surface area (Å²) in [5, 5.41) is 32.0. The first-order valence-electron chi connectivity index (χ1n) is 19.7. The second-order valence-electron chi connectivity index (χ2n) is 14.4. The third-order valence-corrected chi connectivity index (χ3v) is 10.7. The molecule has 1 aromatic heterocycles. The molecule has 3 rings (SSSR count). The van der Waals surface area contributed by atoms with E-state index in [0.717, 1.165) is 12.0 Å². The molecule has 1 aliphatic rings. The maximum Gasteiger partial charge on any atom is 0.368 e. The molecule has 322 valence electrons. The molecule has 0 saturated heterocycles. The molecule has 0 amide bonds. The van der Waals surface area contributed by atoms with Gasteiger partial charge in [-0.1, -0.05) is 42.5 Å². The quantitative estimate of drug-likeness (QED) is 0.0413. The van der Waals surface area contributed by atoms with Crippen molar-refractivity contribution >= 4 is 17.9 Å². The number of ether oxygens (including phenoxy) is 7. The highest BCUT2D eigenvalue weighted by atomic mass is 16.7. The van der Waals surface area contributed by atoms with Gasteiger partial charge in [0, 0.05) is 52.2 Å². The van der Waals surface area contributed by atoms with Crippen molar-refractivity contribution < 1.29 is 62.9 Å². The highest BCUT2D eigenvalue weighted by molar-refractivity contribution is 5.79. The van der Waals surface area contributed by atoms with Gasteiger partial charge in [0.2, 0.25) is 0 Å². The van der Waals surface area contributed by atoms with E-state index < -0.39 is 61.0 Å². The zero-order valence-electron chi connectivity index (χ0n) is 34.7. The minimum Gasteiger partial charge on any atom is -0.457 e. The predicted molar refractivity (Wildman–Crippen MR) is 216 cm³/mol. The third kappa shape index (κ3) is 13.7. The van der Waals surface area contributed by atoms with Crippen molar-refractivity contribution in [1.82, 2.24) is 4.98 Å². The molecule has 0 radical (unpaired) electrons. The smallest absolute Gasteiger partial charge is 0.368 e. The number of aliphatic hydroxyl groups excluding tert-OH is 3. The first kappa shape index (κ1) is 48.7. The maximum atomic E-state index is 13.2. The average Bonchev–Trinajstić information content (AvgIpc) is 3.51. The summed E-state index contributed by atoms with van der Waals surface area (Å²) in [6.45, 7) is 0.707. The molecule has 1 aliphatic carbocycles. The molecule has 2 aromatic rings. The number of rotatable bonds is 25. The second kappa shape index (κ2) is 24.4. The number of carbonyl (C=O) groups is 3. The number of pyridine rings is 1. The van der Waals surface area contributed by atoms with Gasteiger partial charge in [-0.05, 0) is 75.7 Å². The number of nitrogens with zero attached hydrogens (tertiary/aromatic N) is 1. The third-order valence-electron chi connectivity index (χ3n) is 10.7. The molecule has 1 aromatic carbocycles. The normalized spacial score (nSPS) is 18.5. The van der Waals surface area contributed by atoms with E-state index in [1.54, 1.807) is 6.92 Å². The Bertz CT molecular complexity index is 1760. The summed E-state index contributed by atoms with van der Waals surface area (Å²) in [6.07, 6.45) is 18.2. The molecule has 0 bridgehead atoms. The van der Waals surface area contributed by atoms with Crippen molar-refractivity contribution in [2.24, 2.45) is 11.8 Å². The lowest BCUT2D eigenvalue weighted by molar-refractivity contribution is -0.229. The Labute approximate surface area is 347 Å². The summed E-state index contributed by atoms with van der Waals surface area (Å²) in [4.78, 5) is 43.8. The fraction of sp³-hybridized carbons (Fsp3) is 0.556. The number of carbonyl (C=O) groups excluding carboxylic acids is 3. The van der Waals surface area contributed by atoms with Crippen LogP contribution in [0, 0.1) is 43.4 Å². The van der Waals surface area contributed by atoms with Crippen molar-refractivity contribution in [3.63, 3.8) is 0 Å². The van der Waals surface area contributed by atoms with Crippen LogP contribution in [0.5, 0.6) is 5.75 Å². The summed E-state index contributed by atoms with van der Waals surface area (Å²) >= 11 is 0. The highest BCUT2D eigenvalue weighted by Crippen LogP contribution is 2.39. The van der Waals surface area contributed by atoms with Crippen LogP contribution in [0.25, 0.3) is 0 Å².